The zero-order valence-corrected chi connectivity index (χ0v) is 15.2. The van der Waals surface area contributed by atoms with Gasteiger partial charge in [0.25, 0.3) is 5.91 Å². The molecule has 0 aliphatic heterocycles. The maximum absolute atomic E-state index is 13.6. The van der Waals surface area contributed by atoms with E-state index in [-0.39, 0.29) is 17.9 Å². The molecule has 0 atom stereocenters. The second-order valence-electron chi connectivity index (χ2n) is 5.73. The Hall–Kier alpha value is -3.49. The minimum Gasteiger partial charge on any atom is -0.494 e. The number of nitrogens with zero attached hydrogens (tertiary/aromatic N) is 1. The summed E-state index contributed by atoms with van der Waals surface area (Å²) in [6.07, 6.45) is 0. The third kappa shape index (κ3) is 5.76. The van der Waals surface area contributed by atoms with Crippen LogP contribution in [0.4, 0.5) is 14.5 Å². The summed E-state index contributed by atoms with van der Waals surface area (Å²) in [5, 5.41) is 2.50. The van der Waals surface area contributed by atoms with Crippen molar-refractivity contribution in [3.63, 3.8) is 0 Å². The monoisotopic (exact) mass is 392 g/mol. The van der Waals surface area contributed by atoms with Crippen molar-refractivity contribution in [2.75, 3.05) is 32.6 Å². The van der Waals surface area contributed by atoms with Crippen LogP contribution in [0.5, 0.6) is 5.75 Å². The van der Waals surface area contributed by atoms with Gasteiger partial charge in [0.1, 0.15) is 5.82 Å². The number of esters is 1. The standard InChI is InChI=1S/C19H18F2N2O5/c1-23(10-17(24)22-14-6-4-13(20)5-7-14)18(25)11-28-19(26)12-3-8-16(27-2)15(21)9-12/h3-9H,10-11H2,1-2H3,(H,22,24). The number of amides is 2. The first-order valence-corrected chi connectivity index (χ1v) is 8.10. The van der Waals surface area contributed by atoms with Gasteiger partial charge in [-0.3, -0.25) is 9.59 Å². The zero-order chi connectivity index (χ0) is 20.7. The molecule has 2 rings (SSSR count). The van der Waals surface area contributed by atoms with E-state index >= 15 is 0 Å². The number of benzene rings is 2. The van der Waals surface area contributed by atoms with Crippen LogP contribution in [0.15, 0.2) is 42.5 Å². The number of carbonyl (C=O) groups is 3. The lowest BCUT2D eigenvalue weighted by Gasteiger charge is -2.17. The molecule has 0 aliphatic rings. The third-order valence-electron chi connectivity index (χ3n) is 3.65. The molecule has 0 aliphatic carbocycles. The maximum Gasteiger partial charge on any atom is 0.338 e. The number of hydrogen-bond acceptors (Lipinski definition) is 5. The minimum atomic E-state index is -0.890. The lowest BCUT2D eigenvalue weighted by Crippen LogP contribution is -2.37. The fourth-order valence-electron chi connectivity index (χ4n) is 2.15. The SMILES string of the molecule is COc1ccc(C(=O)OCC(=O)N(C)CC(=O)Nc2ccc(F)cc2)cc1F. The van der Waals surface area contributed by atoms with Gasteiger partial charge < -0.3 is 19.7 Å². The molecule has 148 valence electrons. The fourth-order valence-corrected chi connectivity index (χ4v) is 2.15. The smallest absolute Gasteiger partial charge is 0.338 e. The molecule has 1 N–H and O–H groups in total. The molecule has 0 saturated carbocycles. The summed E-state index contributed by atoms with van der Waals surface area (Å²) in [5.74, 6) is -3.23. The minimum absolute atomic E-state index is 0.0282. The molecular weight excluding hydrogens is 374 g/mol. The van der Waals surface area contributed by atoms with Crippen LogP contribution in [-0.2, 0) is 14.3 Å². The third-order valence-corrected chi connectivity index (χ3v) is 3.65. The van der Waals surface area contributed by atoms with E-state index in [9.17, 15) is 23.2 Å². The Morgan fingerprint density at radius 3 is 2.36 bits per heavy atom. The first-order chi connectivity index (χ1) is 13.3. The number of nitrogens with one attached hydrogen (secondary N) is 1. The molecule has 0 unspecified atom stereocenters. The molecule has 9 heteroatoms. The largest absolute Gasteiger partial charge is 0.494 e. The van der Waals surface area contributed by atoms with E-state index in [0.717, 1.165) is 11.0 Å². The van der Waals surface area contributed by atoms with Crippen molar-refractivity contribution in [2.24, 2.45) is 0 Å². The van der Waals surface area contributed by atoms with Gasteiger partial charge in [0.15, 0.2) is 18.2 Å². The molecule has 2 amide bonds. The number of ether oxygens (including phenoxy) is 2. The van der Waals surface area contributed by atoms with Crippen molar-refractivity contribution >= 4 is 23.5 Å². The van der Waals surface area contributed by atoms with Crippen LogP contribution in [0.1, 0.15) is 10.4 Å². The zero-order valence-electron chi connectivity index (χ0n) is 15.2. The first-order valence-electron chi connectivity index (χ1n) is 8.10. The van der Waals surface area contributed by atoms with Gasteiger partial charge in [-0.25, -0.2) is 13.6 Å². The van der Waals surface area contributed by atoms with E-state index in [1.165, 1.54) is 50.6 Å². The summed E-state index contributed by atoms with van der Waals surface area (Å²) in [4.78, 5) is 36.9. The number of likely N-dealkylation sites (N-methyl/N-ethyl adjacent to an activating group) is 1. The molecular formula is C19H18F2N2O5. The van der Waals surface area contributed by atoms with E-state index in [4.69, 9.17) is 9.47 Å². The second kappa shape index (κ2) is 9.45. The summed E-state index contributed by atoms with van der Waals surface area (Å²) in [7, 11) is 2.64. The Morgan fingerprint density at radius 2 is 1.75 bits per heavy atom. The predicted molar refractivity (Wildman–Crippen MR) is 95.9 cm³/mol. The molecule has 0 saturated heterocycles. The van der Waals surface area contributed by atoms with Gasteiger partial charge in [-0.15, -0.1) is 0 Å². The summed E-state index contributed by atoms with van der Waals surface area (Å²) in [5.41, 5.74) is 0.294. The van der Waals surface area contributed by atoms with Gasteiger partial charge in [-0.2, -0.15) is 0 Å². The summed E-state index contributed by atoms with van der Waals surface area (Å²) in [6.45, 7) is -0.919. The van der Waals surface area contributed by atoms with Crippen molar-refractivity contribution in [3.05, 3.63) is 59.7 Å². The van der Waals surface area contributed by atoms with Crippen LogP contribution in [-0.4, -0.2) is 50.0 Å². The Balaban J connectivity index is 1.82. The topological polar surface area (TPSA) is 84.9 Å². The van der Waals surface area contributed by atoms with Gasteiger partial charge in [0.05, 0.1) is 19.2 Å². The molecule has 28 heavy (non-hydrogen) atoms. The average Bonchev–Trinajstić information content (AvgIpc) is 2.67. The van der Waals surface area contributed by atoms with Crippen molar-refractivity contribution in [1.29, 1.82) is 0 Å². The number of hydrogen-bond donors (Lipinski definition) is 1. The van der Waals surface area contributed by atoms with Crippen molar-refractivity contribution in [1.82, 2.24) is 4.90 Å². The highest BCUT2D eigenvalue weighted by atomic mass is 19.1. The molecule has 0 heterocycles. The fraction of sp³-hybridized carbons (Fsp3) is 0.211. The Morgan fingerprint density at radius 1 is 1.07 bits per heavy atom. The molecule has 0 radical (unpaired) electrons. The van der Waals surface area contributed by atoms with Crippen molar-refractivity contribution in [2.45, 2.75) is 0 Å². The van der Waals surface area contributed by atoms with Crippen LogP contribution in [0, 0.1) is 11.6 Å². The second-order valence-corrected chi connectivity index (χ2v) is 5.73. The molecule has 0 spiro atoms. The van der Waals surface area contributed by atoms with Crippen LogP contribution in [0.2, 0.25) is 0 Å². The van der Waals surface area contributed by atoms with Crippen LogP contribution in [0.3, 0.4) is 0 Å². The van der Waals surface area contributed by atoms with E-state index in [1.54, 1.807) is 0 Å². The van der Waals surface area contributed by atoms with Gasteiger partial charge in [0.2, 0.25) is 5.91 Å². The number of carbonyl (C=O) groups excluding carboxylic acids is 3. The summed E-state index contributed by atoms with van der Waals surface area (Å²) in [6, 6.07) is 8.63. The molecule has 0 fully saturated rings. The number of halogens is 2. The molecule has 2 aromatic carbocycles. The van der Waals surface area contributed by atoms with E-state index in [1.807, 2.05) is 0 Å². The normalized spacial score (nSPS) is 10.1. The Labute approximate surface area is 159 Å². The predicted octanol–water partition coefficient (Wildman–Crippen LogP) is 2.23. The maximum atomic E-state index is 13.6. The lowest BCUT2D eigenvalue weighted by molar-refractivity contribution is -0.136. The molecule has 7 nitrogen and oxygen atoms in total. The highest BCUT2D eigenvalue weighted by Gasteiger charge is 2.17. The summed E-state index contributed by atoms with van der Waals surface area (Å²) < 4.78 is 36.0. The quantitative estimate of drug-likeness (QED) is 0.731. The molecule has 0 aromatic heterocycles. The van der Waals surface area contributed by atoms with Crippen molar-refractivity contribution in [3.8, 4) is 5.75 Å². The lowest BCUT2D eigenvalue weighted by atomic mass is 10.2. The van der Waals surface area contributed by atoms with Gasteiger partial charge in [-0.05, 0) is 42.5 Å². The highest BCUT2D eigenvalue weighted by molar-refractivity contribution is 5.95. The van der Waals surface area contributed by atoms with E-state index < -0.39 is 36.0 Å². The molecule has 2 aromatic rings. The van der Waals surface area contributed by atoms with E-state index in [0.29, 0.717) is 5.69 Å². The van der Waals surface area contributed by atoms with Crippen LogP contribution in [0.25, 0.3) is 0 Å². The first kappa shape index (κ1) is 20.8. The van der Waals surface area contributed by atoms with Crippen LogP contribution < -0.4 is 10.1 Å². The van der Waals surface area contributed by atoms with Gasteiger partial charge in [0, 0.05) is 12.7 Å². The van der Waals surface area contributed by atoms with E-state index in [2.05, 4.69) is 5.32 Å². The van der Waals surface area contributed by atoms with Crippen molar-refractivity contribution < 1.29 is 32.6 Å². The highest BCUT2D eigenvalue weighted by Crippen LogP contribution is 2.18. The van der Waals surface area contributed by atoms with Crippen LogP contribution >= 0.6 is 0 Å². The summed E-state index contributed by atoms with van der Waals surface area (Å²) >= 11 is 0. The van der Waals surface area contributed by atoms with Gasteiger partial charge in [-0.1, -0.05) is 0 Å². The van der Waals surface area contributed by atoms with Gasteiger partial charge >= 0.3 is 5.97 Å². The number of methoxy groups -OCH3 is 1. The molecule has 0 bridgehead atoms. The average molecular weight is 392 g/mol. The Kier molecular flexibility index (Phi) is 7.02. The Bertz CT molecular complexity index is 871. The number of anilines is 1. The number of rotatable bonds is 7.